The van der Waals surface area contributed by atoms with Crippen molar-refractivity contribution in [2.45, 2.75) is 12.6 Å². The Kier molecular flexibility index (Phi) is 4.12. The van der Waals surface area contributed by atoms with Gasteiger partial charge in [0, 0.05) is 19.0 Å². The first-order chi connectivity index (χ1) is 9.37. The average Bonchev–Trinajstić information content (AvgIpc) is 3.03. The molecular weight excluding hydrogens is 293 g/mol. The van der Waals surface area contributed by atoms with E-state index in [9.17, 15) is 18.0 Å². The number of hydrogen-bond acceptors (Lipinski definition) is 4. The monoisotopic (exact) mass is 304 g/mol. The Bertz CT molecular complexity index is 578. The molecule has 0 fully saturated rings. The number of carbonyl (C=O) groups excluding carboxylic acids is 1. The summed E-state index contributed by atoms with van der Waals surface area (Å²) in [5.74, 6) is -0.0182. The van der Waals surface area contributed by atoms with Crippen LogP contribution in [-0.2, 0) is 0 Å². The highest BCUT2D eigenvalue weighted by Gasteiger charge is 2.28. The minimum Gasteiger partial charge on any atom is -0.462 e. The molecule has 0 unspecified atom stereocenters. The van der Waals surface area contributed by atoms with Crippen LogP contribution in [0.5, 0.6) is 0 Å². The van der Waals surface area contributed by atoms with Crippen LogP contribution in [0.1, 0.15) is 16.9 Å². The van der Waals surface area contributed by atoms with E-state index in [4.69, 9.17) is 4.42 Å². The van der Waals surface area contributed by atoms with Crippen LogP contribution in [0.4, 0.5) is 13.2 Å². The number of halogens is 3. The predicted molar refractivity (Wildman–Crippen MR) is 67.4 cm³/mol. The van der Waals surface area contributed by atoms with Crippen molar-refractivity contribution >= 4 is 17.2 Å². The highest BCUT2D eigenvalue weighted by atomic mass is 32.1. The zero-order valence-corrected chi connectivity index (χ0v) is 11.3. The number of amides is 1. The van der Waals surface area contributed by atoms with Gasteiger partial charge in [-0.2, -0.15) is 13.2 Å². The molecule has 0 spiro atoms. The molecule has 0 atom stereocenters. The molecule has 0 saturated heterocycles. The number of alkyl halides is 3. The molecule has 2 aromatic rings. The molecule has 0 aliphatic rings. The number of furan rings is 1. The molecule has 2 rings (SSSR count). The summed E-state index contributed by atoms with van der Waals surface area (Å²) in [7, 11) is 1.32. The third-order valence-electron chi connectivity index (χ3n) is 2.53. The lowest BCUT2D eigenvalue weighted by atomic mass is 10.3. The maximum Gasteiger partial charge on any atom is 0.390 e. The molecular formula is C12H11F3N2O2S. The van der Waals surface area contributed by atoms with E-state index in [1.807, 2.05) is 0 Å². The molecule has 108 valence electrons. The minimum atomic E-state index is -4.28. The van der Waals surface area contributed by atoms with E-state index in [2.05, 4.69) is 4.98 Å². The van der Waals surface area contributed by atoms with Crippen LogP contribution in [0, 0.1) is 0 Å². The summed E-state index contributed by atoms with van der Waals surface area (Å²) in [5, 5.41) is 2.02. The Morgan fingerprint density at radius 3 is 2.85 bits per heavy atom. The molecule has 0 bridgehead atoms. The van der Waals surface area contributed by atoms with Crippen molar-refractivity contribution in [3.63, 3.8) is 0 Å². The molecule has 0 N–H and O–H groups in total. The Balaban J connectivity index is 2.02. The van der Waals surface area contributed by atoms with Gasteiger partial charge < -0.3 is 9.32 Å². The van der Waals surface area contributed by atoms with Gasteiger partial charge in [-0.15, -0.1) is 11.3 Å². The lowest BCUT2D eigenvalue weighted by Crippen LogP contribution is -2.30. The number of aromatic nitrogens is 1. The number of hydrogen-bond donors (Lipinski definition) is 0. The van der Waals surface area contributed by atoms with Gasteiger partial charge in [-0.3, -0.25) is 4.79 Å². The van der Waals surface area contributed by atoms with E-state index < -0.39 is 25.0 Å². The van der Waals surface area contributed by atoms with Gasteiger partial charge in [0.15, 0.2) is 10.8 Å². The molecule has 0 radical (unpaired) electrons. The quantitative estimate of drug-likeness (QED) is 0.869. The molecule has 0 aromatic carbocycles. The van der Waals surface area contributed by atoms with Gasteiger partial charge in [-0.1, -0.05) is 0 Å². The third-order valence-corrected chi connectivity index (χ3v) is 3.39. The first-order valence-electron chi connectivity index (χ1n) is 5.68. The Morgan fingerprint density at radius 2 is 2.25 bits per heavy atom. The molecule has 0 saturated carbocycles. The zero-order chi connectivity index (χ0) is 14.8. The highest BCUT2D eigenvalue weighted by molar-refractivity contribution is 7.13. The summed E-state index contributed by atoms with van der Waals surface area (Å²) >= 11 is 1.20. The van der Waals surface area contributed by atoms with Crippen molar-refractivity contribution in [1.29, 1.82) is 0 Å². The molecule has 1 amide bonds. The van der Waals surface area contributed by atoms with Crippen LogP contribution in [0.2, 0.25) is 0 Å². The van der Waals surface area contributed by atoms with Gasteiger partial charge in [-0.25, -0.2) is 4.98 Å². The van der Waals surface area contributed by atoms with Crippen LogP contribution >= 0.6 is 11.3 Å². The Labute approximate surface area is 116 Å². The van der Waals surface area contributed by atoms with Crippen LogP contribution in [0.15, 0.2) is 28.2 Å². The number of thiazole rings is 1. The lowest BCUT2D eigenvalue weighted by molar-refractivity contribution is -0.136. The SMILES string of the molecule is CN(CCC(F)(F)F)C(=O)c1csc(-c2ccco2)n1. The van der Waals surface area contributed by atoms with Gasteiger partial charge in [0.25, 0.3) is 5.91 Å². The molecule has 2 heterocycles. The van der Waals surface area contributed by atoms with E-state index in [1.165, 1.54) is 30.0 Å². The maximum atomic E-state index is 12.1. The highest BCUT2D eigenvalue weighted by Crippen LogP contribution is 2.25. The summed E-state index contributed by atoms with van der Waals surface area (Å²) < 4.78 is 41.5. The molecule has 20 heavy (non-hydrogen) atoms. The van der Waals surface area contributed by atoms with Crippen molar-refractivity contribution in [2.75, 3.05) is 13.6 Å². The average molecular weight is 304 g/mol. The normalized spacial score (nSPS) is 11.6. The zero-order valence-electron chi connectivity index (χ0n) is 10.5. The fourth-order valence-corrected chi connectivity index (χ4v) is 2.24. The van der Waals surface area contributed by atoms with Crippen molar-refractivity contribution in [3.05, 3.63) is 29.5 Å². The summed E-state index contributed by atoms with van der Waals surface area (Å²) in [6, 6.07) is 3.38. The lowest BCUT2D eigenvalue weighted by Gasteiger charge is -2.16. The topological polar surface area (TPSA) is 46.3 Å². The molecule has 2 aromatic heterocycles. The first kappa shape index (κ1) is 14.6. The van der Waals surface area contributed by atoms with Gasteiger partial charge in [0.2, 0.25) is 0 Å². The summed E-state index contributed by atoms with van der Waals surface area (Å²) in [5.41, 5.74) is 0.117. The summed E-state index contributed by atoms with van der Waals surface area (Å²) in [4.78, 5) is 17.0. The van der Waals surface area contributed by atoms with E-state index in [0.29, 0.717) is 10.8 Å². The largest absolute Gasteiger partial charge is 0.462 e. The van der Waals surface area contributed by atoms with E-state index in [1.54, 1.807) is 12.1 Å². The van der Waals surface area contributed by atoms with E-state index in [0.717, 1.165) is 4.90 Å². The summed E-state index contributed by atoms with van der Waals surface area (Å²) in [6.07, 6.45) is -3.84. The van der Waals surface area contributed by atoms with Crippen molar-refractivity contribution < 1.29 is 22.4 Å². The second-order valence-corrected chi connectivity index (χ2v) is 4.97. The molecule has 4 nitrogen and oxygen atoms in total. The molecule has 0 aliphatic carbocycles. The van der Waals surface area contributed by atoms with Crippen molar-refractivity contribution in [3.8, 4) is 10.8 Å². The third kappa shape index (κ3) is 3.60. The summed E-state index contributed by atoms with van der Waals surface area (Å²) in [6.45, 7) is -0.393. The smallest absolute Gasteiger partial charge is 0.390 e. The van der Waals surface area contributed by atoms with Gasteiger partial charge in [0.05, 0.1) is 12.7 Å². The molecule has 8 heteroatoms. The fourth-order valence-electron chi connectivity index (χ4n) is 1.48. The Morgan fingerprint density at radius 1 is 1.50 bits per heavy atom. The second-order valence-electron chi connectivity index (χ2n) is 4.11. The standard InChI is InChI=1S/C12H11F3N2O2S/c1-17(5-4-12(13,14)15)11(18)8-7-20-10(16-8)9-3-2-6-19-9/h2-3,6-7H,4-5H2,1H3. The maximum absolute atomic E-state index is 12.1. The minimum absolute atomic E-state index is 0.117. The van der Waals surface area contributed by atoms with Crippen LogP contribution in [0.3, 0.4) is 0 Å². The van der Waals surface area contributed by atoms with Crippen LogP contribution in [-0.4, -0.2) is 35.6 Å². The second kappa shape index (κ2) is 5.66. The van der Waals surface area contributed by atoms with Crippen molar-refractivity contribution in [2.24, 2.45) is 0 Å². The number of carbonyl (C=O) groups is 1. The van der Waals surface area contributed by atoms with Crippen LogP contribution in [0.25, 0.3) is 10.8 Å². The van der Waals surface area contributed by atoms with Gasteiger partial charge in [-0.05, 0) is 12.1 Å². The molecule has 0 aliphatic heterocycles. The number of nitrogens with zero attached hydrogens (tertiary/aromatic N) is 2. The van der Waals surface area contributed by atoms with Crippen molar-refractivity contribution in [1.82, 2.24) is 9.88 Å². The predicted octanol–water partition coefficient (Wildman–Crippen LogP) is 3.43. The van der Waals surface area contributed by atoms with E-state index >= 15 is 0 Å². The van der Waals surface area contributed by atoms with E-state index in [-0.39, 0.29) is 5.69 Å². The first-order valence-corrected chi connectivity index (χ1v) is 6.56. The number of rotatable bonds is 4. The Hall–Kier alpha value is -1.83. The van der Waals surface area contributed by atoms with Crippen LogP contribution < -0.4 is 0 Å². The fraction of sp³-hybridized carbons (Fsp3) is 0.333. The van der Waals surface area contributed by atoms with Gasteiger partial charge >= 0.3 is 6.18 Å². The van der Waals surface area contributed by atoms with Gasteiger partial charge in [0.1, 0.15) is 5.69 Å².